The summed E-state index contributed by atoms with van der Waals surface area (Å²) in [4.78, 5) is 4.02. The predicted molar refractivity (Wildman–Crippen MR) is 39.0 cm³/mol. The molecule has 1 heterocycles. The van der Waals surface area contributed by atoms with Crippen molar-refractivity contribution in [1.29, 1.82) is 0 Å². The number of nitrogens with two attached hydrogens (primary N) is 1. The molecular weight excluding hydrogens is 190 g/mol. The van der Waals surface area contributed by atoms with Gasteiger partial charge in [0.2, 0.25) is 0 Å². The molecule has 0 radical (unpaired) electrons. The van der Waals surface area contributed by atoms with E-state index >= 15 is 0 Å². The SMILES string of the molecule is CN=C(N)N1CC(F)(F)C(F)(F)C1. The monoisotopic (exact) mass is 199 g/mol. The maximum Gasteiger partial charge on any atom is 0.329 e. The molecule has 1 saturated heterocycles. The third-order valence-corrected chi connectivity index (χ3v) is 1.87. The third-order valence-electron chi connectivity index (χ3n) is 1.87. The molecule has 1 aliphatic heterocycles. The normalized spacial score (nSPS) is 26.5. The van der Waals surface area contributed by atoms with Crippen LogP contribution in [0.1, 0.15) is 0 Å². The molecule has 0 bridgehead atoms. The number of hydrogen-bond donors (Lipinski definition) is 1. The number of nitrogens with zero attached hydrogens (tertiary/aromatic N) is 2. The zero-order chi connectivity index (χ0) is 10.3. The maximum atomic E-state index is 12.6. The lowest BCUT2D eigenvalue weighted by molar-refractivity contribution is -0.172. The lowest BCUT2D eigenvalue weighted by Gasteiger charge is -2.14. The Morgan fingerprint density at radius 3 is 1.92 bits per heavy atom. The summed E-state index contributed by atoms with van der Waals surface area (Å²) in [6.07, 6.45) is 0. The minimum atomic E-state index is -4.03. The summed E-state index contributed by atoms with van der Waals surface area (Å²) in [5.41, 5.74) is 5.13. The van der Waals surface area contributed by atoms with Crippen LogP contribution in [-0.2, 0) is 0 Å². The fraction of sp³-hybridized carbons (Fsp3) is 0.833. The Hall–Kier alpha value is -1.01. The first-order valence-electron chi connectivity index (χ1n) is 3.53. The highest BCUT2D eigenvalue weighted by Gasteiger charge is 2.63. The van der Waals surface area contributed by atoms with E-state index in [-0.39, 0.29) is 5.96 Å². The molecule has 1 aliphatic rings. The van der Waals surface area contributed by atoms with Crippen molar-refractivity contribution in [3.8, 4) is 0 Å². The fourth-order valence-electron chi connectivity index (χ4n) is 1.07. The van der Waals surface area contributed by atoms with Gasteiger partial charge in [0, 0.05) is 7.05 Å². The molecule has 3 nitrogen and oxygen atoms in total. The average Bonchev–Trinajstić information content (AvgIpc) is 2.20. The zero-order valence-corrected chi connectivity index (χ0v) is 6.90. The summed E-state index contributed by atoms with van der Waals surface area (Å²) in [6, 6.07) is 0. The van der Waals surface area contributed by atoms with Crippen molar-refractivity contribution in [1.82, 2.24) is 4.90 Å². The molecule has 0 aromatic heterocycles. The largest absolute Gasteiger partial charge is 0.370 e. The van der Waals surface area contributed by atoms with Gasteiger partial charge in [-0.25, -0.2) is 0 Å². The van der Waals surface area contributed by atoms with Crippen molar-refractivity contribution >= 4 is 5.96 Å². The summed E-state index contributed by atoms with van der Waals surface area (Å²) >= 11 is 0. The van der Waals surface area contributed by atoms with Gasteiger partial charge in [-0.15, -0.1) is 0 Å². The number of aliphatic imine (C=N–C) groups is 1. The third kappa shape index (κ3) is 1.54. The molecule has 1 fully saturated rings. The maximum absolute atomic E-state index is 12.6. The van der Waals surface area contributed by atoms with E-state index in [4.69, 9.17) is 5.73 Å². The van der Waals surface area contributed by atoms with E-state index in [0.29, 0.717) is 4.90 Å². The van der Waals surface area contributed by atoms with Gasteiger partial charge in [0.15, 0.2) is 5.96 Å². The van der Waals surface area contributed by atoms with Crippen molar-refractivity contribution in [2.75, 3.05) is 20.1 Å². The minimum absolute atomic E-state index is 0.295. The van der Waals surface area contributed by atoms with Gasteiger partial charge >= 0.3 is 11.8 Å². The fourth-order valence-corrected chi connectivity index (χ4v) is 1.07. The average molecular weight is 199 g/mol. The quantitative estimate of drug-likeness (QED) is 0.351. The molecule has 0 amide bonds. The van der Waals surface area contributed by atoms with Crippen molar-refractivity contribution < 1.29 is 17.6 Å². The van der Waals surface area contributed by atoms with Crippen LogP contribution in [0.4, 0.5) is 17.6 Å². The van der Waals surface area contributed by atoms with Crippen molar-refractivity contribution in [3.05, 3.63) is 0 Å². The van der Waals surface area contributed by atoms with Crippen LogP contribution >= 0.6 is 0 Å². The van der Waals surface area contributed by atoms with Crippen LogP contribution in [0.25, 0.3) is 0 Å². The smallest absolute Gasteiger partial charge is 0.329 e. The minimum Gasteiger partial charge on any atom is -0.370 e. The number of hydrogen-bond acceptors (Lipinski definition) is 1. The van der Waals surface area contributed by atoms with Gasteiger partial charge in [0.05, 0.1) is 13.1 Å². The highest BCUT2D eigenvalue weighted by atomic mass is 19.3. The van der Waals surface area contributed by atoms with Crippen LogP contribution in [0.15, 0.2) is 4.99 Å². The first-order chi connectivity index (χ1) is 5.80. The van der Waals surface area contributed by atoms with Gasteiger partial charge in [-0.05, 0) is 0 Å². The molecule has 0 aliphatic carbocycles. The van der Waals surface area contributed by atoms with E-state index in [1.807, 2.05) is 0 Å². The Morgan fingerprint density at radius 2 is 1.62 bits per heavy atom. The van der Waals surface area contributed by atoms with Gasteiger partial charge in [0.1, 0.15) is 0 Å². The lowest BCUT2D eigenvalue weighted by Crippen LogP contribution is -2.38. The highest BCUT2D eigenvalue weighted by Crippen LogP contribution is 2.40. The van der Waals surface area contributed by atoms with Gasteiger partial charge in [-0.3, -0.25) is 4.99 Å². The molecule has 0 unspecified atom stereocenters. The van der Waals surface area contributed by atoms with Crippen LogP contribution in [0.3, 0.4) is 0 Å². The second-order valence-corrected chi connectivity index (χ2v) is 2.85. The highest BCUT2D eigenvalue weighted by molar-refractivity contribution is 5.78. The topological polar surface area (TPSA) is 41.6 Å². The molecule has 76 valence electrons. The van der Waals surface area contributed by atoms with E-state index in [0.717, 1.165) is 0 Å². The Labute approximate surface area is 72.2 Å². The van der Waals surface area contributed by atoms with Crippen LogP contribution in [0.5, 0.6) is 0 Å². The summed E-state index contributed by atoms with van der Waals surface area (Å²) in [7, 11) is 1.25. The second kappa shape index (κ2) is 2.74. The summed E-state index contributed by atoms with van der Waals surface area (Å²) in [6.45, 7) is -2.16. The van der Waals surface area contributed by atoms with Gasteiger partial charge in [0.25, 0.3) is 0 Å². The molecule has 13 heavy (non-hydrogen) atoms. The summed E-state index contributed by atoms with van der Waals surface area (Å²) < 4.78 is 50.3. The molecule has 0 aromatic carbocycles. The van der Waals surface area contributed by atoms with E-state index in [1.54, 1.807) is 0 Å². The Bertz CT molecular complexity index is 222. The first-order valence-corrected chi connectivity index (χ1v) is 3.53. The van der Waals surface area contributed by atoms with Gasteiger partial charge in [-0.1, -0.05) is 0 Å². The van der Waals surface area contributed by atoms with Crippen LogP contribution in [-0.4, -0.2) is 42.8 Å². The van der Waals surface area contributed by atoms with E-state index in [2.05, 4.69) is 4.99 Å². The van der Waals surface area contributed by atoms with Crippen molar-refractivity contribution in [3.63, 3.8) is 0 Å². The molecular formula is C6H9F4N3. The van der Waals surface area contributed by atoms with Crippen LogP contribution in [0, 0.1) is 0 Å². The number of halogens is 4. The number of alkyl halides is 4. The second-order valence-electron chi connectivity index (χ2n) is 2.85. The standard InChI is InChI=1S/C6H9F4N3/c1-12-4(11)13-2-5(7,8)6(9,10)3-13/h2-3H2,1H3,(H2,11,12). The van der Waals surface area contributed by atoms with E-state index in [9.17, 15) is 17.6 Å². The van der Waals surface area contributed by atoms with Crippen molar-refractivity contribution in [2.45, 2.75) is 11.8 Å². The molecule has 0 aromatic rings. The molecule has 2 N–H and O–H groups in total. The molecule has 0 saturated carbocycles. The van der Waals surface area contributed by atoms with E-state index in [1.165, 1.54) is 7.05 Å². The zero-order valence-electron chi connectivity index (χ0n) is 6.90. The van der Waals surface area contributed by atoms with E-state index < -0.39 is 24.9 Å². The van der Waals surface area contributed by atoms with Gasteiger partial charge < -0.3 is 10.6 Å². The predicted octanol–water partition coefficient (Wildman–Crippen LogP) is 0.517. The molecule has 0 atom stereocenters. The van der Waals surface area contributed by atoms with Crippen molar-refractivity contribution in [2.24, 2.45) is 10.7 Å². The lowest BCUT2D eigenvalue weighted by atomic mass is 10.2. The first kappa shape index (κ1) is 10.1. The number of rotatable bonds is 0. The summed E-state index contributed by atoms with van der Waals surface area (Å²) in [5, 5.41) is 0. The Kier molecular flexibility index (Phi) is 2.13. The summed E-state index contributed by atoms with van der Waals surface area (Å²) in [5.74, 6) is -8.35. The number of likely N-dealkylation sites (tertiary alicyclic amines) is 1. The van der Waals surface area contributed by atoms with Crippen LogP contribution < -0.4 is 5.73 Å². The molecule has 7 heteroatoms. The van der Waals surface area contributed by atoms with Crippen LogP contribution in [0.2, 0.25) is 0 Å². The Balaban J connectivity index is 2.82. The molecule has 1 rings (SSSR count). The van der Waals surface area contributed by atoms with Gasteiger partial charge in [-0.2, -0.15) is 17.6 Å². The Morgan fingerprint density at radius 1 is 1.23 bits per heavy atom. The molecule has 0 spiro atoms. The number of guanidine groups is 1.